The number of hydrogen-bond donors (Lipinski definition) is 2. The molecule has 1 aromatic rings. The van der Waals surface area contributed by atoms with Gasteiger partial charge in [-0.2, -0.15) is 4.31 Å². The number of nitrogens with zero attached hydrogens (tertiary/aromatic N) is 1. The molecular weight excluding hydrogens is 274 g/mol. The van der Waals surface area contributed by atoms with E-state index in [1.54, 1.807) is 12.1 Å². The summed E-state index contributed by atoms with van der Waals surface area (Å²) in [4.78, 5) is 11.9. The van der Waals surface area contributed by atoms with Gasteiger partial charge in [0.15, 0.2) is 0 Å². The third kappa shape index (κ3) is 2.41. The molecule has 0 aromatic carbocycles. The lowest BCUT2D eigenvalue weighted by atomic mass is 10.1. The van der Waals surface area contributed by atoms with E-state index in [1.165, 1.54) is 15.6 Å². The van der Waals surface area contributed by atoms with E-state index in [1.807, 2.05) is 0 Å². The summed E-state index contributed by atoms with van der Waals surface area (Å²) >= 11 is 1.17. The molecule has 18 heavy (non-hydrogen) atoms. The summed E-state index contributed by atoms with van der Waals surface area (Å²) in [7, 11) is -3.51. The lowest BCUT2D eigenvalue weighted by molar-refractivity contribution is -0.121. The Hall–Kier alpha value is -0.960. The lowest BCUT2D eigenvalue weighted by Gasteiger charge is -2.14. The molecule has 1 amide bonds. The van der Waals surface area contributed by atoms with Crippen LogP contribution < -0.4 is 11.5 Å². The standard InChI is InChI=1S/C10H15N3O3S2/c11-5-8-1-2-9(17-8)18(15,16)13-4-3-7(6-13)10(12)14/h1-2,7H,3-6,11H2,(H2,12,14). The van der Waals surface area contributed by atoms with Crippen LogP contribution in [0.3, 0.4) is 0 Å². The molecule has 0 aliphatic carbocycles. The third-order valence-electron chi connectivity index (χ3n) is 2.99. The molecule has 1 atom stereocenters. The van der Waals surface area contributed by atoms with Crippen molar-refractivity contribution in [1.29, 1.82) is 0 Å². The fourth-order valence-corrected chi connectivity index (χ4v) is 4.80. The maximum absolute atomic E-state index is 12.3. The molecule has 1 unspecified atom stereocenters. The summed E-state index contributed by atoms with van der Waals surface area (Å²) in [5, 5.41) is 0. The van der Waals surface area contributed by atoms with Crippen molar-refractivity contribution in [2.24, 2.45) is 17.4 Å². The topological polar surface area (TPSA) is 106 Å². The van der Waals surface area contributed by atoms with Gasteiger partial charge in [-0.3, -0.25) is 4.79 Å². The number of hydrogen-bond acceptors (Lipinski definition) is 5. The van der Waals surface area contributed by atoms with E-state index in [2.05, 4.69) is 0 Å². The van der Waals surface area contributed by atoms with Crippen LogP contribution in [0.4, 0.5) is 0 Å². The Kier molecular flexibility index (Phi) is 3.71. The number of sulfonamides is 1. The summed E-state index contributed by atoms with van der Waals surface area (Å²) < 4.78 is 26.1. The van der Waals surface area contributed by atoms with Gasteiger partial charge in [0.05, 0.1) is 5.92 Å². The van der Waals surface area contributed by atoms with E-state index in [4.69, 9.17) is 11.5 Å². The predicted molar refractivity (Wildman–Crippen MR) is 68.3 cm³/mol. The van der Waals surface area contributed by atoms with Crippen molar-refractivity contribution in [2.45, 2.75) is 17.2 Å². The Morgan fingerprint density at radius 2 is 2.22 bits per heavy atom. The first-order valence-corrected chi connectivity index (χ1v) is 7.79. The fourth-order valence-electron chi connectivity index (χ4n) is 1.91. The number of nitrogens with two attached hydrogens (primary N) is 2. The summed E-state index contributed by atoms with van der Waals surface area (Å²) in [6.45, 7) is 0.837. The highest BCUT2D eigenvalue weighted by Crippen LogP contribution is 2.28. The minimum Gasteiger partial charge on any atom is -0.369 e. The van der Waals surface area contributed by atoms with E-state index in [0.29, 0.717) is 19.5 Å². The van der Waals surface area contributed by atoms with Crippen LogP contribution in [0.1, 0.15) is 11.3 Å². The number of primary amides is 1. The van der Waals surface area contributed by atoms with Gasteiger partial charge in [-0.05, 0) is 18.6 Å². The van der Waals surface area contributed by atoms with Crippen molar-refractivity contribution in [1.82, 2.24) is 4.31 Å². The molecule has 1 fully saturated rings. The Morgan fingerprint density at radius 3 is 2.72 bits per heavy atom. The minimum absolute atomic E-state index is 0.174. The summed E-state index contributed by atoms with van der Waals surface area (Å²) in [6, 6.07) is 3.26. The quantitative estimate of drug-likeness (QED) is 0.793. The molecule has 0 radical (unpaired) electrons. The Bertz CT molecular complexity index is 552. The normalized spacial score (nSPS) is 21.3. The number of thiophene rings is 1. The zero-order chi connectivity index (χ0) is 13.3. The maximum Gasteiger partial charge on any atom is 0.252 e. The second kappa shape index (κ2) is 4.96. The van der Waals surface area contributed by atoms with Crippen molar-refractivity contribution < 1.29 is 13.2 Å². The van der Waals surface area contributed by atoms with E-state index in [-0.39, 0.29) is 16.7 Å². The molecule has 8 heteroatoms. The second-order valence-electron chi connectivity index (χ2n) is 4.18. The number of amides is 1. The van der Waals surface area contributed by atoms with Gasteiger partial charge in [-0.15, -0.1) is 11.3 Å². The van der Waals surface area contributed by atoms with Crippen LogP contribution >= 0.6 is 11.3 Å². The number of carbonyl (C=O) groups is 1. The molecule has 2 rings (SSSR count). The predicted octanol–water partition coefficient (Wildman–Crippen LogP) is -0.297. The molecule has 1 aliphatic heterocycles. The largest absolute Gasteiger partial charge is 0.369 e. The van der Waals surface area contributed by atoms with Crippen molar-refractivity contribution >= 4 is 27.3 Å². The Labute approximate surface area is 110 Å². The van der Waals surface area contributed by atoms with Crippen molar-refractivity contribution in [3.05, 3.63) is 17.0 Å². The first-order valence-electron chi connectivity index (χ1n) is 5.53. The van der Waals surface area contributed by atoms with E-state index in [9.17, 15) is 13.2 Å². The average Bonchev–Trinajstić information content (AvgIpc) is 2.98. The van der Waals surface area contributed by atoms with Crippen LogP contribution in [-0.2, 0) is 21.4 Å². The van der Waals surface area contributed by atoms with Crippen molar-refractivity contribution in [2.75, 3.05) is 13.1 Å². The van der Waals surface area contributed by atoms with E-state index in [0.717, 1.165) is 4.88 Å². The molecule has 0 spiro atoms. The average molecular weight is 289 g/mol. The van der Waals surface area contributed by atoms with Crippen LogP contribution in [0.25, 0.3) is 0 Å². The van der Waals surface area contributed by atoms with E-state index >= 15 is 0 Å². The van der Waals surface area contributed by atoms with Crippen LogP contribution in [0, 0.1) is 5.92 Å². The molecule has 2 heterocycles. The van der Waals surface area contributed by atoms with Gasteiger partial charge in [-0.1, -0.05) is 0 Å². The monoisotopic (exact) mass is 289 g/mol. The molecule has 1 aliphatic rings. The van der Waals surface area contributed by atoms with Crippen molar-refractivity contribution in [3.8, 4) is 0 Å². The zero-order valence-corrected chi connectivity index (χ0v) is 11.3. The third-order valence-corrected chi connectivity index (χ3v) is 6.43. The maximum atomic E-state index is 12.3. The van der Waals surface area contributed by atoms with Gasteiger partial charge >= 0.3 is 0 Å². The molecule has 6 nitrogen and oxygen atoms in total. The Morgan fingerprint density at radius 1 is 1.50 bits per heavy atom. The van der Waals surface area contributed by atoms with E-state index < -0.39 is 15.9 Å². The van der Waals surface area contributed by atoms with Gasteiger partial charge in [0.2, 0.25) is 5.91 Å². The lowest BCUT2D eigenvalue weighted by Crippen LogP contribution is -2.31. The zero-order valence-electron chi connectivity index (χ0n) is 9.70. The van der Waals surface area contributed by atoms with Gasteiger partial charge in [0.1, 0.15) is 4.21 Å². The number of rotatable bonds is 4. The molecular formula is C10H15N3O3S2. The van der Waals surface area contributed by atoms with Gasteiger partial charge in [-0.25, -0.2) is 8.42 Å². The SMILES string of the molecule is NCc1ccc(S(=O)(=O)N2CCC(C(N)=O)C2)s1. The van der Waals surface area contributed by atoms with Crippen LogP contribution in [-0.4, -0.2) is 31.7 Å². The van der Waals surface area contributed by atoms with Crippen LogP contribution in [0.2, 0.25) is 0 Å². The number of carbonyl (C=O) groups excluding carboxylic acids is 1. The minimum atomic E-state index is -3.51. The molecule has 0 bridgehead atoms. The summed E-state index contributed by atoms with van der Waals surface area (Å²) in [5.74, 6) is -0.824. The van der Waals surface area contributed by atoms with Crippen molar-refractivity contribution in [3.63, 3.8) is 0 Å². The molecule has 0 saturated carbocycles. The summed E-state index contributed by atoms with van der Waals surface area (Å²) in [5.41, 5.74) is 10.7. The molecule has 1 saturated heterocycles. The van der Waals surface area contributed by atoms with Gasteiger partial charge < -0.3 is 11.5 Å². The first-order chi connectivity index (χ1) is 8.45. The fraction of sp³-hybridized carbons (Fsp3) is 0.500. The first kappa shape index (κ1) is 13.5. The molecule has 1 aromatic heterocycles. The highest BCUT2D eigenvalue weighted by Gasteiger charge is 2.35. The molecule has 4 N–H and O–H groups in total. The smallest absolute Gasteiger partial charge is 0.252 e. The highest BCUT2D eigenvalue weighted by atomic mass is 32.2. The Balaban J connectivity index is 2.20. The van der Waals surface area contributed by atoms with Gasteiger partial charge in [0.25, 0.3) is 10.0 Å². The second-order valence-corrected chi connectivity index (χ2v) is 7.51. The van der Waals surface area contributed by atoms with Crippen LogP contribution in [0.15, 0.2) is 16.3 Å². The highest BCUT2D eigenvalue weighted by molar-refractivity contribution is 7.91. The summed E-state index contributed by atoms with van der Waals surface area (Å²) in [6.07, 6.45) is 0.490. The molecule has 100 valence electrons. The van der Waals surface area contributed by atoms with Crippen LogP contribution in [0.5, 0.6) is 0 Å². The van der Waals surface area contributed by atoms with Gasteiger partial charge in [0, 0.05) is 24.5 Å².